The Bertz CT molecular complexity index is 502. The molecule has 0 amide bonds. The standard InChI is InChI=1S/C12H14BrNO2S/c1-3-5-11(4-2)14-17(15,16)12-8-6-10(13)7-9-12/h1,6-9,11,14H,4-5H2,2H3. The Kier molecular flexibility index (Phi) is 5.19. The summed E-state index contributed by atoms with van der Waals surface area (Å²) in [5, 5.41) is 0. The zero-order valence-corrected chi connectivity index (χ0v) is 11.9. The van der Waals surface area contributed by atoms with E-state index in [4.69, 9.17) is 6.42 Å². The second kappa shape index (κ2) is 6.20. The van der Waals surface area contributed by atoms with Gasteiger partial charge in [0.2, 0.25) is 10.0 Å². The number of hydrogen-bond acceptors (Lipinski definition) is 2. The molecular formula is C12H14BrNO2S. The van der Waals surface area contributed by atoms with Crippen LogP contribution in [0.4, 0.5) is 0 Å². The quantitative estimate of drug-likeness (QED) is 0.849. The number of sulfonamides is 1. The van der Waals surface area contributed by atoms with Crippen molar-refractivity contribution < 1.29 is 8.42 Å². The molecule has 0 aliphatic carbocycles. The first-order chi connectivity index (χ1) is 7.99. The predicted molar refractivity (Wildman–Crippen MR) is 72.0 cm³/mol. The van der Waals surface area contributed by atoms with Crippen molar-refractivity contribution in [1.82, 2.24) is 4.72 Å². The van der Waals surface area contributed by atoms with E-state index in [9.17, 15) is 8.42 Å². The van der Waals surface area contributed by atoms with E-state index in [0.29, 0.717) is 12.8 Å². The molecule has 0 aromatic heterocycles. The highest BCUT2D eigenvalue weighted by atomic mass is 79.9. The molecule has 0 saturated heterocycles. The van der Waals surface area contributed by atoms with Crippen LogP contribution in [0.2, 0.25) is 0 Å². The minimum absolute atomic E-state index is 0.214. The monoisotopic (exact) mass is 315 g/mol. The average molecular weight is 316 g/mol. The van der Waals surface area contributed by atoms with E-state index in [1.165, 1.54) is 0 Å². The number of nitrogens with one attached hydrogen (secondary N) is 1. The third kappa shape index (κ3) is 4.15. The molecule has 0 fully saturated rings. The van der Waals surface area contributed by atoms with Gasteiger partial charge in [0.15, 0.2) is 0 Å². The van der Waals surface area contributed by atoms with Crippen LogP contribution in [-0.4, -0.2) is 14.5 Å². The van der Waals surface area contributed by atoms with Gasteiger partial charge in [0.1, 0.15) is 0 Å². The summed E-state index contributed by atoms with van der Waals surface area (Å²) in [6, 6.07) is 6.27. The van der Waals surface area contributed by atoms with Crippen LogP contribution in [0.15, 0.2) is 33.6 Å². The lowest BCUT2D eigenvalue weighted by molar-refractivity contribution is 0.544. The smallest absolute Gasteiger partial charge is 0.207 e. The topological polar surface area (TPSA) is 46.2 Å². The number of terminal acetylenes is 1. The lowest BCUT2D eigenvalue weighted by atomic mass is 10.2. The molecule has 0 saturated carbocycles. The molecule has 1 unspecified atom stereocenters. The van der Waals surface area contributed by atoms with Crippen LogP contribution in [0.3, 0.4) is 0 Å². The number of hydrogen-bond donors (Lipinski definition) is 1. The van der Waals surface area contributed by atoms with Gasteiger partial charge < -0.3 is 0 Å². The lowest BCUT2D eigenvalue weighted by Crippen LogP contribution is -2.34. The van der Waals surface area contributed by atoms with Crippen LogP contribution in [0.25, 0.3) is 0 Å². The normalized spacial score (nSPS) is 13.0. The van der Waals surface area contributed by atoms with Crippen molar-refractivity contribution in [3.8, 4) is 12.3 Å². The van der Waals surface area contributed by atoms with Crippen molar-refractivity contribution >= 4 is 26.0 Å². The molecule has 5 heteroatoms. The van der Waals surface area contributed by atoms with Crippen LogP contribution < -0.4 is 4.72 Å². The summed E-state index contributed by atoms with van der Waals surface area (Å²) in [6.07, 6.45) is 6.25. The van der Waals surface area contributed by atoms with E-state index < -0.39 is 10.0 Å². The highest BCUT2D eigenvalue weighted by Gasteiger charge is 2.18. The second-order valence-corrected chi connectivity index (χ2v) is 6.22. The molecule has 0 heterocycles. The van der Waals surface area contributed by atoms with Gasteiger partial charge in [-0.25, -0.2) is 13.1 Å². The van der Waals surface area contributed by atoms with E-state index in [2.05, 4.69) is 26.6 Å². The fourth-order valence-electron chi connectivity index (χ4n) is 1.31. The van der Waals surface area contributed by atoms with Crippen LogP contribution in [0.1, 0.15) is 19.8 Å². The van der Waals surface area contributed by atoms with E-state index in [1.807, 2.05) is 6.92 Å². The molecule has 1 aromatic rings. The molecule has 1 atom stereocenters. The Balaban J connectivity index is 2.89. The molecule has 0 aliphatic rings. The van der Waals surface area contributed by atoms with E-state index in [1.54, 1.807) is 24.3 Å². The minimum Gasteiger partial charge on any atom is -0.207 e. The first-order valence-corrected chi connectivity index (χ1v) is 7.48. The zero-order chi connectivity index (χ0) is 12.9. The van der Waals surface area contributed by atoms with Crippen LogP contribution in [-0.2, 0) is 10.0 Å². The molecule has 1 aromatic carbocycles. The third-order valence-corrected chi connectivity index (χ3v) is 4.37. The summed E-state index contributed by atoms with van der Waals surface area (Å²) in [5.41, 5.74) is 0. The maximum Gasteiger partial charge on any atom is 0.240 e. The molecule has 3 nitrogen and oxygen atoms in total. The molecule has 0 radical (unpaired) electrons. The first-order valence-electron chi connectivity index (χ1n) is 5.21. The second-order valence-electron chi connectivity index (χ2n) is 3.59. The van der Waals surface area contributed by atoms with Gasteiger partial charge in [-0.2, -0.15) is 0 Å². The molecular weight excluding hydrogens is 302 g/mol. The Hall–Kier alpha value is -0.830. The van der Waals surface area contributed by atoms with Gasteiger partial charge in [0, 0.05) is 16.9 Å². The van der Waals surface area contributed by atoms with E-state index in [0.717, 1.165) is 4.47 Å². The highest BCUT2D eigenvalue weighted by Crippen LogP contribution is 2.15. The summed E-state index contributed by atoms with van der Waals surface area (Å²) in [7, 11) is -3.48. The van der Waals surface area contributed by atoms with Crippen molar-refractivity contribution in [3.05, 3.63) is 28.7 Å². The minimum atomic E-state index is -3.48. The van der Waals surface area contributed by atoms with Crippen LogP contribution in [0.5, 0.6) is 0 Å². The van der Waals surface area contributed by atoms with Gasteiger partial charge in [-0.1, -0.05) is 22.9 Å². The third-order valence-electron chi connectivity index (χ3n) is 2.30. The summed E-state index contributed by atoms with van der Waals surface area (Å²) < 4.78 is 27.4. The number of benzene rings is 1. The molecule has 92 valence electrons. The number of rotatable bonds is 5. The summed E-state index contributed by atoms with van der Waals surface area (Å²) in [5.74, 6) is 2.47. The van der Waals surface area contributed by atoms with Gasteiger partial charge in [-0.3, -0.25) is 0 Å². The van der Waals surface area contributed by atoms with Gasteiger partial charge in [0.25, 0.3) is 0 Å². The molecule has 1 rings (SSSR count). The first kappa shape index (κ1) is 14.2. The van der Waals surface area contributed by atoms with Crippen molar-refractivity contribution in [2.45, 2.75) is 30.7 Å². The van der Waals surface area contributed by atoms with Crippen LogP contribution >= 0.6 is 15.9 Å². The SMILES string of the molecule is C#CCC(CC)NS(=O)(=O)c1ccc(Br)cc1. The number of halogens is 1. The fraction of sp³-hybridized carbons (Fsp3) is 0.333. The van der Waals surface area contributed by atoms with E-state index >= 15 is 0 Å². The largest absolute Gasteiger partial charge is 0.240 e. The van der Waals surface area contributed by atoms with Gasteiger partial charge in [-0.15, -0.1) is 12.3 Å². The molecule has 0 bridgehead atoms. The Morgan fingerprint density at radius 1 is 1.41 bits per heavy atom. The van der Waals surface area contributed by atoms with Crippen molar-refractivity contribution in [3.63, 3.8) is 0 Å². The lowest BCUT2D eigenvalue weighted by Gasteiger charge is -2.14. The Morgan fingerprint density at radius 3 is 2.47 bits per heavy atom. The highest BCUT2D eigenvalue weighted by molar-refractivity contribution is 9.10. The molecule has 0 aliphatic heterocycles. The van der Waals surface area contributed by atoms with Gasteiger partial charge in [0.05, 0.1) is 4.90 Å². The molecule has 0 spiro atoms. The molecule has 1 N–H and O–H groups in total. The van der Waals surface area contributed by atoms with Crippen molar-refractivity contribution in [2.24, 2.45) is 0 Å². The Morgan fingerprint density at radius 2 is 2.00 bits per heavy atom. The molecule has 17 heavy (non-hydrogen) atoms. The average Bonchev–Trinajstić information content (AvgIpc) is 2.28. The predicted octanol–water partition coefficient (Wildman–Crippen LogP) is 2.53. The van der Waals surface area contributed by atoms with Gasteiger partial charge in [-0.05, 0) is 30.7 Å². The van der Waals surface area contributed by atoms with Crippen molar-refractivity contribution in [2.75, 3.05) is 0 Å². The summed E-state index contributed by atoms with van der Waals surface area (Å²) in [6.45, 7) is 1.89. The summed E-state index contributed by atoms with van der Waals surface area (Å²) >= 11 is 3.26. The zero-order valence-electron chi connectivity index (χ0n) is 9.48. The van der Waals surface area contributed by atoms with Crippen LogP contribution in [0, 0.1) is 12.3 Å². The summed E-state index contributed by atoms with van der Waals surface area (Å²) in [4.78, 5) is 0.246. The Labute approximate surface area is 111 Å². The maximum absolute atomic E-state index is 12.0. The fourth-order valence-corrected chi connectivity index (χ4v) is 2.90. The maximum atomic E-state index is 12.0. The van der Waals surface area contributed by atoms with Gasteiger partial charge >= 0.3 is 0 Å². The van der Waals surface area contributed by atoms with E-state index in [-0.39, 0.29) is 10.9 Å². The van der Waals surface area contributed by atoms with Crippen molar-refractivity contribution in [1.29, 1.82) is 0 Å².